The molecule has 0 aromatic carbocycles. The molecule has 1 atom stereocenters. The Bertz CT molecular complexity index is 1320. The lowest BCUT2D eigenvalue weighted by Gasteiger charge is -2.32. The van der Waals surface area contributed by atoms with Crippen molar-refractivity contribution in [3.8, 4) is 11.6 Å². The number of ether oxygens (including phenoxy) is 1. The summed E-state index contributed by atoms with van der Waals surface area (Å²) in [5, 5.41) is 9.75. The number of hydrogen-bond donors (Lipinski definition) is 1. The third kappa shape index (κ3) is 5.34. The highest BCUT2D eigenvalue weighted by Crippen LogP contribution is 2.25. The molecule has 0 radical (unpaired) electrons. The van der Waals surface area contributed by atoms with Crippen LogP contribution in [0.3, 0.4) is 0 Å². The molecular weight excluding hydrogens is 472 g/mol. The Morgan fingerprint density at radius 2 is 1.81 bits per heavy atom. The summed E-state index contributed by atoms with van der Waals surface area (Å²) in [4.78, 5) is 42.3. The zero-order chi connectivity index (χ0) is 25.9. The Balaban J connectivity index is 1.21. The zero-order valence-electron chi connectivity index (χ0n) is 21.2. The minimum atomic E-state index is -0.966. The fourth-order valence-electron chi connectivity index (χ4n) is 4.88. The van der Waals surface area contributed by atoms with Crippen LogP contribution in [0.1, 0.15) is 43.9 Å². The molecule has 0 aliphatic carbocycles. The summed E-state index contributed by atoms with van der Waals surface area (Å²) in [5.41, 5.74) is 2.17. The van der Waals surface area contributed by atoms with E-state index in [1.54, 1.807) is 31.3 Å². The number of rotatable bonds is 7. The predicted molar refractivity (Wildman–Crippen MR) is 139 cm³/mol. The second kappa shape index (κ2) is 10.7. The molecule has 5 heterocycles. The molecule has 10 nitrogen and oxygen atoms in total. The fraction of sp³-hybridized carbons (Fsp3) is 0.444. The van der Waals surface area contributed by atoms with Gasteiger partial charge in [-0.15, -0.1) is 0 Å². The maximum Gasteiger partial charge on any atom is 0.259 e. The van der Waals surface area contributed by atoms with Crippen LogP contribution in [-0.2, 0) is 11.2 Å². The topological polar surface area (TPSA) is 114 Å². The van der Waals surface area contributed by atoms with E-state index in [0.717, 1.165) is 50.3 Å². The van der Waals surface area contributed by atoms with Gasteiger partial charge >= 0.3 is 0 Å². The first-order valence-corrected chi connectivity index (χ1v) is 12.9. The van der Waals surface area contributed by atoms with Crippen molar-refractivity contribution in [2.24, 2.45) is 0 Å². The molecule has 1 amide bonds. The molecule has 1 unspecified atom stereocenters. The van der Waals surface area contributed by atoms with Crippen LogP contribution in [0.2, 0.25) is 0 Å². The number of carbonyl (C=O) groups excluding carboxylic acids is 1. The second-order valence-electron chi connectivity index (χ2n) is 9.58. The number of aryl methyl sites for hydroxylation is 2. The van der Waals surface area contributed by atoms with Gasteiger partial charge in [-0.05, 0) is 37.1 Å². The summed E-state index contributed by atoms with van der Waals surface area (Å²) in [6.07, 6.45) is 8.61. The number of piperidine rings is 1. The quantitative estimate of drug-likeness (QED) is 0.522. The highest BCUT2D eigenvalue weighted by molar-refractivity contribution is 5.99. The van der Waals surface area contributed by atoms with Crippen molar-refractivity contribution in [1.29, 1.82) is 0 Å². The molecule has 0 bridgehead atoms. The number of aliphatic hydroxyl groups is 1. The van der Waals surface area contributed by atoms with Crippen molar-refractivity contribution < 1.29 is 14.6 Å². The Kier molecular flexibility index (Phi) is 7.18. The molecule has 2 aliphatic heterocycles. The third-order valence-corrected chi connectivity index (χ3v) is 6.91. The Labute approximate surface area is 215 Å². The van der Waals surface area contributed by atoms with Crippen LogP contribution in [-0.4, -0.2) is 62.4 Å². The first-order chi connectivity index (χ1) is 17.9. The van der Waals surface area contributed by atoms with Crippen molar-refractivity contribution in [3.05, 3.63) is 64.5 Å². The molecular formula is C27H32N6O4. The summed E-state index contributed by atoms with van der Waals surface area (Å²) < 4.78 is 7.58. The van der Waals surface area contributed by atoms with E-state index in [4.69, 9.17) is 4.74 Å². The van der Waals surface area contributed by atoms with E-state index in [9.17, 15) is 14.7 Å². The maximum atomic E-state index is 12.9. The number of amides is 1. The number of hydrogen-bond acceptors (Lipinski definition) is 8. The first kappa shape index (κ1) is 24.9. The van der Waals surface area contributed by atoms with Gasteiger partial charge in [-0.1, -0.05) is 13.3 Å². The fourth-order valence-corrected chi connectivity index (χ4v) is 4.88. The van der Waals surface area contributed by atoms with E-state index in [-0.39, 0.29) is 17.6 Å². The third-order valence-electron chi connectivity index (χ3n) is 6.91. The lowest BCUT2D eigenvalue weighted by molar-refractivity contribution is -0.124. The first-order valence-electron chi connectivity index (χ1n) is 12.9. The van der Waals surface area contributed by atoms with Crippen molar-refractivity contribution in [3.63, 3.8) is 0 Å². The number of aromatic nitrogens is 4. The summed E-state index contributed by atoms with van der Waals surface area (Å²) in [6.45, 7) is 5.96. The van der Waals surface area contributed by atoms with Crippen LogP contribution >= 0.6 is 0 Å². The molecule has 2 aliphatic rings. The Morgan fingerprint density at radius 1 is 1.05 bits per heavy atom. The van der Waals surface area contributed by atoms with E-state index in [1.807, 2.05) is 12.4 Å². The molecule has 37 heavy (non-hydrogen) atoms. The molecule has 3 aromatic rings. The van der Waals surface area contributed by atoms with Crippen LogP contribution < -0.4 is 20.1 Å². The maximum absolute atomic E-state index is 12.9. The molecule has 10 heteroatoms. The van der Waals surface area contributed by atoms with Gasteiger partial charge in [-0.3, -0.25) is 14.2 Å². The van der Waals surface area contributed by atoms with Gasteiger partial charge in [0.2, 0.25) is 5.95 Å². The monoisotopic (exact) mass is 504 g/mol. The predicted octanol–water partition coefficient (Wildman–Crippen LogP) is 2.43. The average Bonchev–Trinajstić information content (AvgIpc) is 3.23. The summed E-state index contributed by atoms with van der Waals surface area (Å²) >= 11 is 0. The minimum absolute atomic E-state index is 0.0128. The van der Waals surface area contributed by atoms with Crippen LogP contribution in [0.5, 0.6) is 5.75 Å². The summed E-state index contributed by atoms with van der Waals surface area (Å²) in [6, 6.07) is 6.72. The smallest absolute Gasteiger partial charge is 0.259 e. The number of aliphatic hydroxyl groups excluding tert-OH is 1. The van der Waals surface area contributed by atoms with Gasteiger partial charge in [0.15, 0.2) is 0 Å². The van der Waals surface area contributed by atoms with Crippen LogP contribution in [0.4, 0.5) is 11.6 Å². The van der Waals surface area contributed by atoms with Gasteiger partial charge in [0, 0.05) is 63.6 Å². The number of carbonyl (C=O) groups is 1. The normalized spacial score (nSPS) is 18.5. The van der Waals surface area contributed by atoms with Gasteiger partial charge in [-0.2, -0.15) is 0 Å². The van der Waals surface area contributed by atoms with Crippen molar-refractivity contribution in [2.75, 3.05) is 29.4 Å². The molecule has 0 saturated carbocycles. The van der Waals surface area contributed by atoms with Crippen molar-refractivity contribution in [1.82, 2.24) is 19.5 Å². The Hall–Kier alpha value is -3.79. The SMILES string of the molecule is CCCc1cnc(N2CCC(Oc3ccn(-c4ccc(N5CCC(O)C5=O)c(C)n4)c(=O)c3)CC2)nc1. The Morgan fingerprint density at radius 3 is 2.43 bits per heavy atom. The van der Waals surface area contributed by atoms with Crippen LogP contribution in [0.15, 0.2) is 47.7 Å². The van der Waals surface area contributed by atoms with Crippen molar-refractivity contribution >= 4 is 17.5 Å². The van der Waals surface area contributed by atoms with E-state index in [1.165, 1.54) is 15.5 Å². The molecule has 2 saturated heterocycles. The standard InChI is InChI=1S/C27H32N6O4/c1-3-4-19-16-28-27(29-17-19)31-11-7-20(8-12-31)37-21-9-13-33(25(35)15-21)24-6-5-22(18(2)30-24)32-14-10-23(34)26(32)36/h5-6,9,13,15-17,20,23,34H,3-4,7-8,10-12,14H2,1-2H3. The highest BCUT2D eigenvalue weighted by Gasteiger charge is 2.32. The number of anilines is 2. The van der Waals surface area contributed by atoms with Gasteiger partial charge in [0.05, 0.1) is 11.4 Å². The van der Waals surface area contributed by atoms with Gasteiger partial charge in [0.1, 0.15) is 23.8 Å². The van der Waals surface area contributed by atoms with E-state index >= 15 is 0 Å². The van der Waals surface area contributed by atoms with Gasteiger partial charge in [-0.25, -0.2) is 15.0 Å². The molecule has 2 fully saturated rings. The minimum Gasteiger partial charge on any atom is -0.490 e. The number of pyridine rings is 2. The highest BCUT2D eigenvalue weighted by atomic mass is 16.5. The van der Waals surface area contributed by atoms with E-state index < -0.39 is 6.10 Å². The zero-order valence-corrected chi connectivity index (χ0v) is 21.2. The molecule has 194 valence electrons. The lowest BCUT2D eigenvalue weighted by atomic mass is 10.1. The largest absolute Gasteiger partial charge is 0.490 e. The number of nitrogens with zero attached hydrogens (tertiary/aromatic N) is 6. The van der Waals surface area contributed by atoms with Gasteiger partial charge < -0.3 is 19.6 Å². The van der Waals surface area contributed by atoms with Gasteiger partial charge in [0.25, 0.3) is 11.5 Å². The van der Waals surface area contributed by atoms with Crippen LogP contribution in [0.25, 0.3) is 5.82 Å². The summed E-state index contributed by atoms with van der Waals surface area (Å²) in [5.74, 6) is 1.42. The van der Waals surface area contributed by atoms with E-state index in [0.29, 0.717) is 35.9 Å². The average molecular weight is 505 g/mol. The van der Waals surface area contributed by atoms with E-state index in [2.05, 4.69) is 26.8 Å². The lowest BCUT2D eigenvalue weighted by Crippen LogP contribution is -2.39. The molecule has 0 spiro atoms. The van der Waals surface area contributed by atoms with Crippen molar-refractivity contribution in [2.45, 2.75) is 58.2 Å². The second-order valence-corrected chi connectivity index (χ2v) is 9.58. The molecule has 3 aromatic heterocycles. The molecule has 5 rings (SSSR count). The van der Waals surface area contributed by atoms with Crippen LogP contribution in [0, 0.1) is 6.92 Å². The summed E-state index contributed by atoms with van der Waals surface area (Å²) in [7, 11) is 0. The molecule has 1 N–H and O–H groups in total.